The van der Waals surface area contributed by atoms with Crippen LogP contribution in [0.5, 0.6) is 0 Å². The fraction of sp³-hybridized carbons (Fsp3) is 0.947. The average molecular weight is 440 g/mol. The van der Waals surface area contributed by atoms with Gasteiger partial charge < -0.3 is 38.0 Å². The van der Waals surface area contributed by atoms with Crippen molar-refractivity contribution in [3.8, 4) is 0 Å². The Labute approximate surface area is 176 Å². The summed E-state index contributed by atoms with van der Waals surface area (Å²) in [5.41, 5.74) is 5.21. The number of rotatable bonds is 17. The van der Waals surface area contributed by atoms with Crippen molar-refractivity contribution < 1.29 is 37.0 Å². The molecular formula is C19H41NO8Si. The number of hydrogen-bond donors (Lipinski definition) is 1. The first-order valence-electron chi connectivity index (χ1n) is 10.1. The van der Waals surface area contributed by atoms with Crippen molar-refractivity contribution in [3.63, 3.8) is 0 Å². The first kappa shape index (κ1) is 28.2. The Balaban J connectivity index is 4.87. The predicted octanol–water partition coefficient (Wildman–Crippen LogP) is 2.94. The average Bonchev–Trinajstić information content (AvgIpc) is 2.70. The van der Waals surface area contributed by atoms with Crippen LogP contribution >= 0.6 is 0 Å². The van der Waals surface area contributed by atoms with Crippen molar-refractivity contribution in [2.75, 3.05) is 35.0 Å². The van der Waals surface area contributed by atoms with E-state index < -0.39 is 21.0 Å². The smallest absolute Gasteiger partial charge is 0.446 e. The van der Waals surface area contributed by atoms with Gasteiger partial charge in [0.05, 0.1) is 18.8 Å². The van der Waals surface area contributed by atoms with Gasteiger partial charge in [0.2, 0.25) is 0 Å². The predicted molar refractivity (Wildman–Crippen MR) is 111 cm³/mol. The van der Waals surface area contributed by atoms with Gasteiger partial charge in [-0.05, 0) is 40.0 Å². The molecule has 29 heavy (non-hydrogen) atoms. The maximum atomic E-state index is 11.2. The summed E-state index contributed by atoms with van der Waals surface area (Å²) in [6.45, 7) is 8.10. The van der Waals surface area contributed by atoms with E-state index in [1.54, 1.807) is 28.4 Å². The summed E-state index contributed by atoms with van der Waals surface area (Å²) in [6.07, 6.45) is 0.481. The van der Waals surface area contributed by atoms with Gasteiger partial charge in [-0.15, -0.1) is 0 Å². The van der Waals surface area contributed by atoms with Crippen molar-refractivity contribution in [1.29, 1.82) is 0 Å². The molecule has 0 aliphatic carbocycles. The molecule has 0 rings (SSSR count). The molecule has 0 spiro atoms. The van der Waals surface area contributed by atoms with E-state index in [9.17, 15) is 4.79 Å². The van der Waals surface area contributed by atoms with Gasteiger partial charge in [0.15, 0.2) is 6.29 Å². The largest absolute Gasteiger partial charge is 0.500 e. The second-order valence-electron chi connectivity index (χ2n) is 7.05. The van der Waals surface area contributed by atoms with Crippen LogP contribution in [-0.4, -0.2) is 74.5 Å². The van der Waals surface area contributed by atoms with Gasteiger partial charge in [0.25, 0.3) is 0 Å². The van der Waals surface area contributed by atoms with Gasteiger partial charge in [0, 0.05) is 40.4 Å². The van der Waals surface area contributed by atoms with Gasteiger partial charge in [0.1, 0.15) is 6.10 Å². The highest BCUT2D eigenvalue weighted by molar-refractivity contribution is 6.60. The Bertz CT molecular complexity index is 426. The summed E-state index contributed by atoms with van der Waals surface area (Å²) in [4.78, 5) is 11.2. The lowest BCUT2D eigenvalue weighted by Gasteiger charge is -2.31. The number of nitrogens with two attached hydrogens (primary N) is 1. The Hall–Kier alpha value is -0.753. The molecule has 0 radical (unpaired) electrons. The first-order chi connectivity index (χ1) is 13.7. The van der Waals surface area contributed by atoms with Gasteiger partial charge in [-0.25, -0.2) is 4.79 Å². The quantitative estimate of drug-likeness (QED) is 0.272. The summed E-state index contributed by atoms with van der Waals surface area (Å²) in [7, 11) is 3.73. The molecule has 1 amide bonds. The Morgan fingerprint density at radius 3 is 2.03 bits per heavy atom. The molecule has 2 N–H and O–H groups in total. The molecule has 0 heterocycles. The fourth-order valence-corrected chi connectivity index (χ4v) is 5.01. The first-order valence-corrected chi connectivity index (χ1v) is 12.0. The normalized spacial score (nSPS) is 17.4. The van der Waals surface area contributed by atoms with Crippen molar-refractivity contribution in [2.24, 2.45) is 11.7 Å². The summed E-state index contributed by atoms with van der Waals surface area (Å²) < 4.78 is 38.7. The zero-order valence-corrected chi connectivity index (χ0v) is 20.3. The van der Waals surface area contributed by atoms with E-state index in [-0.39, 0.29) is 24.4 Å². The van der Waals surface area contributed by atoms with Crippen LogP contribution in [0.15, 0.2) is 0 Å². The number of ether oxygens (including phenoxy) is 4. The number of amides is 1. The lowest BCUT2D eigenvalue weighted by Crippen LogP contribution is -2.43. The van der Waals surface area contributed by atoms with E-state index in [0.29, 0.717) is 12.7 Å². The lowest BCUT2D eigenvalue weighted by atomic mass is 9.92. The number of methoxy groups -OCH3 is 1. The highest BCUT2D eigenvalue weighted by Crippen LogP contribution is 2.26. The monoisotopic (exact) mass is 439 g/mol. The van der Waals surface area contributed by atoms with E-state index in [0.717, 1.165) is 19.3 Å². The highest BCUT2D eigenvalue weighted by Gasteiger charge is 2.38. The fourth-order valence-electron chi connectivity index (χ4n) is 3.26. The molecule has 0 saturated heterocycles. The maximum Gasteiger partial charge on any atom is 0.500 e. The standard InChI is InChI=1S/C19H41NO8Si/c1-9-18(22-5)27-14(2)13-26-15(3)17(16(4)28-19(20)21)11-10-12-29(23-6,24-7)25-8/h14-18H,9-13H2,1-8H3,(H2,20,21). The molecule has 0 aliphatic heterocycles. The molecular weight excluding hydrogens is 398 g/mol. The zero-order chi connectivity index (χ0) is 22.4. The third kappa shape index (κ3) is 10.7. The molecule has 0 aliphatic rings. The molecule has 9 nitrogen and oxygen atoms in total. The molecule has 0 aromatic carbocycles. The van der Waals surface area contributed by atoms with Gasteiger partial charge in [-0.3, -0.25) is 0 Å². The van der Waals surface area contributed by atoms with Crippen LogP contribution in [0, 0.1) is 5.92 Å². The van der Waals surface area contributed by atoms with Crippen molar-refractivity contribution in [3.05, 3.63) is 0 Å². The van der Waals surface area contributed by atoms with Gasteiger partial charge >= 0.3 is 14.9 Å². The van der Waals surface area contributed by atoms with Crippen molar-refractivity contribution in [1.82, 2.24) is 0 Å². The second kappa shape index (κ2) is 15.1. The van der Waals surface area contributed by atoms with Gasteiger partial charge in [-0.2, -0.15) is 0 Å². The molecule has 5 atom stereocenters. The van der Waals surface area contributed by atoms with E-state index in [2.05, 4.69) is 0 Å². The minimum Gasteiger partial charge on any atom is -0.446 e. The molecule has 0 fully saturated rings. The maximum absolute atomic E-state index is 11.2. The summed E-state index contributed by atoms with van der Waals surface area (Å²) >= 11 is 0. The number of primary amides is 1. The Morgan fingerprint density at radius 1 is 1.00 bits per heavy atom. The van der Waals surface area contributed by atoms with Crippen molar-refractivity contribution >= 4 is 14.9 Å². The van der Waals surface area contributed by atoms with Crippen LogP contribution in [0.3, 0.4) is 0 Å². The zero-order valence-electron chi connectivity index (χ0n) is 19.3. The van der Waals surface area contributed by atoms with E-state index in [4.69, 9.17) is 38.0 Å². The Morgan fingerprint density at radius 2 is 1.59 bits per heavy atom. The van der Waals surface area contributed by atoms with E-state index in [1.807, 2.05) is 27.7 Å². The van der Waals surface area contributed by atoms with Crippen LogP contribution in [0.2, 0.25) is 6.04 Å². The van der Waals surface area contributed by atoms with Crippen LogP contribution in [0.1, 0.15) is 47.0 Å². The summed E-state index contributed by atoms with van der Waals surface area (Å²) in [5.74, 6) is -0.0589. The van der Waals surface area contributed by atoms with Crippen molar-refractivity contribution in [2.45, 2.75) is 77.6 Å². The second-order valence-corrected chi connectivity index (χ2v) is 10.1. The van der Waals surface area contributed by atoms with Crippen LogP contribution < -0.4 is 5.73 Å². The number of hydrogen-bond acceptors (Lipinski definition) is 8. The summed E-state index contributed by atoms with van der Waals surface area (Å²) in [5, 5.41) is 0. The SMILES string of the molecule is CCC(OC)OC(C)COC(C)C(CCC[Si](OC)(OC)OC)C(C)OC(N)=O. The molecule has 0 saturated carbocycles. The highest BCUT2D eigenvalue weighted by atomic mass is 28.4. The van der Waals surface area contributed by atoms with E-state index >= 15 is 0 Å². The minimum absolute atomic E-state index is 0.0589. The molecule has 5 unspecified atom stereocenters. The van der Waals surface area contributed by atoms with Crippen LogP contribution in [0.25, 0.3) is 0 Å². The molecule has 0 aromatic rings. The van der Waals surface area contributed by atoms with Gasteiger partial charge in [-0.1, -0.05) is 6.92 Å². The molecule has 174 valence electrons. The molecule has 0 bridgehead atoms. The van der Waals surface area contributed by atoms with E-state index in [1.165, 1.54) is 0 Å². The molecule has 10 heteroatoms. The minimum atomic E-state index is -2.66. The summed E-state index contributed by atoms with van der Waals surface area (Å²) in [6, 6.07) is 0.647. The molecule has 0 aromatic heterocycles. The third-order valence-corrected chi connectivity index (χ3v) is 7.87. The number of carbonyl (C=O) groups is 1. The lowest BCUT2D eigenvalue weighted by molar-refractivity contribution is -0.172. The third-order valence-electron chi connectivity index (χ3n) is 5.04. The topological polar surface area (TPSA) is 108 Å². The van der Waals surface area contributed by atoms with Crippen LogP contribution in [0.4, 0.5) is 4.79 Å². The number of carbonyl (C=O) groups excluding carboxylic acids is 1. The Kier molecular flexibility index (Phi) is 14.7. The van der Waals surface area contributed by atoms with Crippen LogP contribution in [-0.2, 0) is 32.2 Å².